The lowest BCUT2D eigenvalue weighted by Crippen LogP contribution is -2.62. The topological polar surface area (TPSA) is 69.6 Å². The lowest BCUT2D eigenvalue weighted by molar-refractivity contribution is -0.148. The maximum atomic E-state index is 13.0. The van der Waals surface area contributed by atoms with Crippen LogP contribution in [0.15, 0.2) is 24.3 Å². The molecule has 22 heavy (non-hydrogen) atoms. The van der Waals surface area contributed by atoms with Crippen LogP contribution in [-0.2, 0) is 16.1 Å². The second-order valence-corrected chi connectivity index (χ2v) is 6.29. The van der Waals surface area contributed by atoms with Gasteiger partial charge in [-0.2, -0.15) is 11.8 Å². The Labute approximate surface area is 132 Å². The Balaban J connectivity index is 2.14. The number of amides is 2. The van der Waals surface area contributed by atoms with Crippen LogP contribution in [0.3, 0.4) is 0 Å². The van der Waals surface area contributed by atoms with E-state index in [-0.39, 0.29) is 30.8 Å². The van der Waals surface area contributed by atoms with Crippen LogP contribution >= 0.6 is 11.8 Å². The average molecular weight is 326 g/mol. The van der Waals surface area contributed by atoms with Crippen LogP contribution in [0.2, 0.25) is 0 Å². The van der Waals surface area contributed by atoms with Crippen molar-refractivity contribution < 1.29 is 19.1 Å². The highest BCUT2D eigenvalue weighted by atomic mass is 32.2. The fourth-order valence-corrected chi connectivity index (χ4v) is 3.17. The van der Waals surface area contributed by atoms with Crippen molar-refractivity contribution in [3.05, 3.63) is 35.6 Å². The fraction of sp³-hybridized carbons (Fsp3) is 0.467. The Morgan fingerprint density at radius 3 is 2.64 bits per heavy atom. The Morgan fingerprint density at radius 1 is 1.32 bits per heavy atom. The van der Waals surface area contributed by atoms with Gasteiger partial charge in [0.1, 0.15) is 17.9 Å². The molecule has 0 bridgehead atoms. The summed E-state index contributed by atoms with van der Waals surface area (Å²) in [7, 11) is 0. The number of thioether (sulfide) groups is 1. The van der Waals surface area contributed by atoms with Gasteiger partial charge in [-0.05, 0) is 24.6 Å². The minimum absolute atomic E-state index is 0.0291. The molecule has 1 aromatic carbocycles. The van der Waals surface area contributed by atoms with E-state index in [4.69, 9.17) is 5.11 Å². The van der Waals surface area contributed by atoms with Gasteiger partial charge < -0.3 is 15.3 Å². The van der Waals surface area contributed by atoms with Gasteiger partial charge in [0.2, 0.25) is 11.8 Å². The molecular weight excluding hydrogens is 307 g/mol. The lowest BCUT2D eigenvalue weighted by Gasteiger charge is -2.37. The van der Waals surface area contributed by atoms with Crippen molar-refractivity contribution in [3.63, 3.8) is 0 Å². The van der Waals surface area contributed by atoms with Crippen molar-refractivity contribution in [2.75, 3.05) is 18.1 Å². The Morgan fingerprint density at radius 2 is 2.00 bits per heavy atom. The molecule has 2 amide bonds. The minimum atomic E-state index is -0.578. The molecule has 0 radical (unpaired) electrons. The fourth-order valence-electron chi connectivity index (χ4n) is 2.31. The number of hydrogen-bond acceptors (Lipinski definition) is 4. The van der Waals surface area contributed by atoms with Crippen LogP contribution in [0.5, 0.6) is 0 Å². The Bertz CT molecular complexity index is 538. The Hall–Kier alpha value is -1.60. The number of aliphatic hydroxyl groups is 1. The minimum Gasteiger partial charge on any atom is -0.396 e. The second kappa shape index (κ2) is 7.60. The zero-order chi connectivity index (χ0) is 16.1. The molecule has 7 heteroatoms. The highest BCUT2D eigenvalue weighted by Crippen LogP contribution is 2.18. The summed E-state index contributed by atoms with van der Waals surface area (Å²) in [6.07, 6.45) is 0. The first-order valence-electron chi connectivity index (χ1n) is 7.07. The second-order valence-electron chi connectivity index (χ2n) is 5.14. The largest absolute Gasteiger partial charge is 0.396 e. The predicted octanol–water partition coefficient (Wildman–Crippen LogP) is 0.767. The normalized spacial score (nSPS) is 21.9. The number of rotatable bonds is 6. The smallest absolute Gasteiger partial charge is 0.245 e. The number of piperazine rings is 1. The van der Waals surface area contributed by atoms with Crippen LogP contribution in [-0.4, -0.2) is 52.0 Å². The maximum Gasteiger partial charge on any atom is 0.245 e. The monoisotopic (exact) mass is 326 g/mol. The molecule has 0 aromatic heterocycles. The van der Waals surface area contributed by atoms with Crippen molar-refractivity contribution in [2.45, 2.75) is 25.6 Å². The Kier molecular flexibility index (Phi) is 5.79. The van der Waals surface area contributed by atoms with Gasteiger partial charge in [0.05, 0.1) is 6.61 Å². The third-order valence-corrected chi connectivity index (χ3v) is 4.49. The molecule has 2 unspecified atom stereocenters. The summed E-state index contributed by atoms with van der Waals surface area (Å²) in [4.78, 5) is 26.1. The van der Waals surface area contributed by atoms with E-state index in [0.717, 1.165) is 5.56 Å². The summed E-state index contributed by atoms with van der Waals surface area (Å²) in [5.74, 6) is 0.248. The SMILES string of the molecule is CC1NC(=O)C(CSCCO)N(Cc2ccc(F)cc2)C1=O. The quantitative estimate of drug-likeness (QED) is 0.758. The van der Waals surface area contributed by atoms with Gasteiger partial charge >= 0.3 is 0 Å². The standard InChI is InChI=1S/C15H19FN2O3S/c1-10-15(21)18(8-11-2-4-12(16)5-3-11)13(14(20)17-10)9-22-7-6-19/h2-5,10,13,19H,6-9H2,1H3,(H,17,20). The third kappa shape index (κ3) is 3.98. The highest BCUT2D eigenvalue weighted by molar-refractivity contribution is 7.99. The van der Waals surface area contributed by atoms with Crippen LogP contribution in [0.25, 0.3) is 0 Å². The molecule has 0 spiro atoms. The summed E-state index contributed by atoms with van der Waals surface area (Å²) >= 11 is 1.42. The first kappa shape index (κ1) is 16.8. The molecule has 0 saturated carbocycles. The van der Waals surface area contributed by atoms with Crippen molar-refractivity contribution in [3.8, 4) is 0 Å². The van der Waals surface area contributed by atoms with E-state index in [9.17, 15) is 14.0 Å². The molecule has 1 saturated heterocycles. The molecule has 1 aromatic rings. The molecule has 5 nitrogen and oxygen atoms in total. The molecule has 2 N–H and O–H groups in total. The van der Waals surface area contributed by atoms with E-state index >= 15 is 0 Å². The molecule has 2 rings (SSSR count). The number of benzene rings is 1. The van der Waals surface area contributed by atoms with Gasteiger partial charge in [0.25, 0.3) is 0 Å². The van der Waals surface area contributed by atoms with Gasteiger partial charge in [-0.3, -0.25) is 9.59 Å². The molecule has 0 aliphatic carbocycles. The van der Waals surface area contributed by atoms with E-state index in [1.165, 1.54) is 28.8 Å². The molecule has 120 valence electrons. The maximum absolute atomic E-state index is 13.0. The number of carbonyl (C=O) groups excluding carboxylic acids is 2. The summed E-state index contributed by atoms with van der Waals surface area (Å²) < 4.78 is 13.0. The van der Waals surface area contributed by atoms with E-state index < -0.39 is 12.1 Å². The van der Waals surface area contributed by atoms with Gasteiger partial charge in [0.15, 0.2) is 0 Å². The summed E-state index contributed by atoms with van der Waals surface area (Å²) in [6.45, 7) is 1.94. The number of nitrogens with zero attached hydrogens (tertiary/aromatic N) is 1. The van der Waals surface area contributed by atoms with Crippen molar-refractivity contribution in [1.82, 2.24) is 10.2 Å². The van der Waals surface area contributed by atoms with E-state index in [2.05, 4.69) is 5.32 Å². The predicted molar refractivity (Wildman–Crippen MR) is 82.8 cm³/mol. The number of nitrogens with one attached hydrogen (secondary N) is 1. The summed E-state index contributed by atoms with van der Waals surface area (Å²) in [6, 6.07) is 4.75. The zero-order valence-corrected chi connectivity index (χ0v) is 13.1. The molecule has 2 atom stereocenters. The molecular formula is C15H19FN2O3S. The van der Waals surface area contributed by atoms with E-state index in [0.29, 0.717) is 11.5 Å². The number of carbonyl (C=O) groups is 2. The molecule has 1 aliphatic heterocycles. The first-order valence-corrected chi connectivity index (χ1v) is 8.22. The molecule has 1 fully saturated rings. The molecule has 1 aliphatic rings. The van der Waals surface area contributed by atoms with Gasteiger partial charge in [-0.15, -0.1) is 0 Å². The average Bonchev–Trinajstić information content (AvgIpc) is 2.49. The summed E-state index contributed by atoms with van der Waals surface area (Å²) in [5.41, 5.74) is 0.772. The van der Waals surface area contributed by atoms with Gasteiger partial charge in [-0.1, -0.05) is 12.1 Å². The molecule has 1 heterocycles. The van der Waals surface area contributed by atoms with E-state index in [1.54, 1.807) is 19.1 Å². The van der Waals surface area contributed by atoms with Crippen molar-refractivity contribution in [1.29, 1.82) is 0 Å². The summed E-state index contributed by atoms with van der Waals surface area (Å²) in [5, 5.41) is 11.5. The highest BCUT2D eigenvalue weighted by Gasteiger charge is 2.38. The number of hydrogen-bond donors (Lipinski definition) is 2. The van der Waals surface area contributed by atoms with Crippen LogP contribution in [0.4, 0.5) is 4.39 Å². The zero-order valence-electron chi connectivity index (χ0n) is 12.3. The third-order valence-electron chi connectivity index (χ3n) is 3.47. The van der Waals surface area contributed by atoms with Crippen molar-refractivity contribution in [2.24, 2.45) is 0 Å². The van der Waals surface area contributed by atoms with Crippen LogP contribution < -0.4 is 5.32 Å². The lowest BCUT2D eigenvalue weighted by atomic mass is 10.1. The van der Waals surface area contributed by atoms with Crippen LogP contribution in [0.1, 0.15) is 12.5 Å². The van der Waals surface area contributed by atoms with Crippen LogP contribution in [0, 0.1) is 5.82 Å². The first-order chi connectivity index (χ1) is 10.5. The van der Waals surface area contributed by atoms with Crippen molar-refractivity contribution >= 4 is 23.6 Å². The van der Waals surface area contributed by atoms with Gasteiger partial charge in [0, 0.05) is 18.1 Å². The van der Waals surface area contributed by atoms with E-state index in [1.807, 2.05) is 0 Å². The van der Waals surface area contributed by atoms with Gasteiger partial charge in [-0.25, -0.2) is 4.39 Å². The number of aliphatic hydroxyl groups excluding tert-OH is 1. The number of halogens is 1.